The monoisotopic (exact) mass is 345 g/mol. The van der Waals surface area contributed by atoms with Crippen molar-refractivity contribution in [1.29, 1.82) is 0 Å². The molecular weight excluding hydrogens is 317 g/mol. The smallest absolute Gasteiger partial charge is 0.407 e. The normalized spacial score (nSPS) is 20.2. The lowest BCUT2D eigenvalue weighted by Crippen LogP contribution is -2.43. The molecule has 0 spiro atoms. The van der Waals surface area contributed by atoms with Crippen LogP contribution in [0, 0.1) is 5.92 Å². The summed E-state index contributed by atoms with van der Waals surface area (Å²) in [5.41, 5.74) is 0.939. The molecule has 1 saturated carbocycles. The summed E-state index contributed by atoms with van der Waals surface area (Å²) in [5, 5.41) is 2.89. The van der Waals surface area contributed by atoms with E-state index in [1.165, 1.54) is 0 Å². The van der Waals surface area contributed by atoms with E-state index in [0.717, 1.165) is 51.3 Å². The van der Waals surface area contributed by atoms with Crippen molar-refractivity contribution in [2.75, 3.05) is 6.61 Å². The zero-order chi connectivity index (χ0) is 17.9. The van der Waals surface area contributed by atoms with Crippen molar-refractivity contribution in [3.63, 3.8) is 0 Å². The Balaban J connectivity index is 1.86. The quantitative estimate of drug-likeness (QED) is 0.356. The van der Waals surface area contributed by atoms with E-state index in [4.69, 9.17) is 9.47 Å². The minimum Gasteiger partial charge on any atom is -0.466 e. The first-order valence-electron chi connectivity index (χ1n) is 9.34. The van der Waals surface area contributed by atoms with E-state index in [2.05, 4.69) is 12.1 Å². The number of carbonyl (C=O) groups excluding carboxylic acids is 2. The Morgan fingerprint density at radius 3 is 2.64 bits per heavy atom. The third-order valence-electron chi connectivity index (χ3n) is 4.58. The van der Waals surface area contributed by atoms with Gasteiger partial charge in [0, 0.05) is 6.04 Å². The van der Waals surface area contributed by atoms with Crippen molar-refractivity contribution in [2.24, 2.45) is 5.92 Å². The highest BCUT2D eigenvalue weighted by molar-refractivity contribution is 6.33. The molecule has 25 heavy (non-hydrogen) atoms. The average Bonchev–Trinajstić information content (AvgIpc) is 2.86. The Bertz CT molecular complexity index is 537. The predicted molar refractivity (Wildman–Crippen MR) is 98.9 cm³/mol. The van der Waals surface area contributed by atoms with E-state index < -0.39 is 6.09 Å². The molecule has 1 aliphatic rings. The number of esters is 1. The summed E-state index contributed by atoms with van der Waals surface area (Å²) in [4.78, 5) is 24.5. The highest BCUT2D eigenvalue weighted by atomic mass is 16.5. The minimum atomic E-state index is -0.470. The van der Waals surface area contributed by atoms with Crippen molar-refractivity contribution in [3.8, 4) is 0 Å². The summed E-state index contributed by atoms with van der Waals surface area (Å²) in [6.45, 7) is 2.74. The van der Waals surface area contributed by atoms with E-state index in [1.807, 2.05) is 30.3 Å². The van der Waals surface area contributed by atoms with Gasteiger partial charge in [0.05, 0.1) is 12.5 Å². The molecule has 0 aliphatic heterocycles. The second-order valence-electron chi connectivity index (χ2n) is 6.58. The third-order valence-corrected chi connectivity index (χ3v) is 4.58. The minimum absolute atomic E-state index is 0.191. The van der Waals surface area contributed by atoms with Crippen LogP contribution in [0.25, 0.3) is 0 Å². The number of ether oxygens (including phenoxy) is 2. The Labute approximate surface area is 150 Å². The van der Waals surface area contributed by atoms with Crippen LogP contribution in [0.3, 0.4) is 0 Å². The van der Waals surface area contributed by atoms with Crippen LogP contribution in [-0.4, -0.2) is 32.0 Å². The number of carbonyl (C=O) groups is 2. The van der Waals surface area contributed by atoms with Crippen molar-refractivity contribution in [3.05, 3.63) is 35.9 Å². The van der Waals surface area contributed by atoms with Crippen molar-refractivity contribution in [1.82, 2.24) is 5.32 Å². The molecule has 2 rings (SSSR count). The van der Waals surface area contributed by atoms with Gasteiger partial charge in [-0.25, -0.2) is 4.79 Å². The number of amides is 1. The molecule has 1 aromatic rings. The largest absolute Gasteiger partial charge is 0.466 e. The summed E-state index contributed by atoms with van der Waals surface area (Å²) in [6.07, 6.45) is 5.02. The fraction of sp³-hybridized carbons (Fsp3) is 0.579. The van der Waals surface area contributed by atoms with Gasteiger partial charge in [-0.15, -0.1) is 0 Å². The lowest BCUT2D eigenvalue weighted by molar-refractivity contribution is -0.149. The van der Waals surface area contributed by atoms with Crippen LogP contribution < -0.4 is 5.32 Å². The second-order valence-corrected chi connectivity index (χ2v) is 6.58. The Morgan fingerprint density at radius 2 is 1.88 bits per heavy atom. The van der Waals surface area contributed by atoms with Gasteiger partial charge in [-0.3, -0.25) is 4.79 Å². The van der Waals surface area contributed by atoms with Gasteiger partial charge in [0.1, 0.15) is 13.9 Å². The number of hydrogen-bond donors (Lipinski definition) is 1. The van der Waals surface area contributed by atoms with Gasteiger partial charge < -0.3 is 14.8 Å². The zero-order valence-electron chi connectivity index (χ0n) is 15.0. The molecule has 1 aliphatic carbocycles. The van der Waals surface area contributed by atoms with E-state index in [9.17, 15) is 9.59 Å². The molecule has 2 atom stereocenters. The Morgan fingerprint density at radius 1 is 1.12 bits per heavy atom. The Kier molecular flexibility index (Phi) is 8.36. The highest BCUT2D eigenvalue weighted by Gasteiger charge is 2.32. The maximum absolute atomic E-state index is 12.4. The first-order valence-corrected chi connectivity index (χ1v) is 9.34. The summed E-state index contributed by atoms with van der Waals surface area (Å²) in [5.74, 6) is -0.465. The number of alkyl carbamates (subject to hydrolysis) is 1. The van der Waals surface area contributed by atoms with Gasteiger partial charge in [-0.05, 0) is 24.7 Å². The first-order chi connectivity index (χ1) is 12.2. The lowest BCUT2D eigenvalue weighted by atomic mass is 9.79. The number of rotatable bonds is 7. The maximum atomic E-state index is 12.4. The summed E-state index contributed by atoms with van der Waals surface area (Å²) >= 11 is 0. The lowest BCUT2D eigenvalue weighted by Gasteiger charge is -2.24. The van der Waals surface area contributed by atoms with Gasteiger partial charge in [0.2, 0.25) is 0 Å². The topological polar surface area (TPSA) is 64.6 Å². The number of nitrogens with one attached hydrogen (secondary N) is 1. The van der Waals surface area contributed by atoms with Gasteiger partial charge >= 0.3 is 12.1 Å². The summed E-state index contributed by atoms with van der Waals surface area (Å²) < 4.78 is 10.7. The molecular formula is C19H28BNO4. The van der Waals surface area contributed by atoms with Crippen LogP contribution in [-0.2, 0) is 20.9 Å². The fourth-order valence-electron chi connectivity index (χ4n) is 3.10. The molecule has 1 amide bonds. The fourth-order valence-corrected chi connectivity index (χ4v) is 3.10. The second kappa shape index (κ2) is 10.8. The molecule has 0 unspecified atom stereocenters. The van der Waals surface area contributed by atoms with Gasteiger partial charge in [0.25, 0.3) is 0 Å². The SMILES string of the molecule is CBCCOC(=O)[C@H]1CCCCC[C@@H]1NC(=O)OCc1ccccc1. The molecule has 0 radical (unpaired) electrons. The molecule has 136 valence electrons. The molecule has 0 bridgehead atoms. The van der Waals surface area contributed by atoms with E-state index in [-0.39, 0.29) is 24.5 Å². The van der Waals surface area contributed by atoms with E-state index in [0.29, 0.717) is 6.61 Å². The van der Waals surface area contributed by atoms with Crippen molar-refractivity contribution in [2.45, 2.75) is 57.9 Å². The van der Waals surface area contributed by atoms with Crippen LogP contribution in [0.5, 0.6) is 0 Å². The maximum Gasteiger partial charge on any atom is 0.407 e. The molecule has 0 aromatic heterocycles. The Hall–Kier alpha value is -1.98. The van der Waals surface area contributed by atoms with Gasteiger partial charge in [-0.1, -0.05) is 56.4 Å². The zero-order valence-corrected chi connectivity index (χ0v) is 15.0. The molecule has 0 heterocycles. The van der Waals surface area contributed by atoms with Crippen LogP contribution >= 0.6 is 0 Å². The summed E-state index contributed by atoms with van der Waals surface area (Å²) in [7, 11) is 0.992. The van der Waals surface area contributed by atoms with Crippen LogP contribution in [0.1, 0.15) is 37.7 Å². The van der Waals surface area contributed by atoms with Crippen molar-refractivity contribution < 1.29 is 19.1 Å². The average molecular weight is 345 g/mol. The highest BCUT2D eigenvalue weighted by Crippen LogP contribution is 2.25. The third kappa shape index (κ3) is 6.81. The van der Waals surface area contributed by atoms with Crippen LogP contribution in [0.15, 0.2) is 30.3 Å². The summed E-state index contributed by atoms with van der Waals surface area (Å²) in [6, 6.07) is 9.35. The molecule has 6 heteroatoms. The molecule has 1 aromatic carbocycles. The molecule has 5 nitrogen and oxygen atoms in total. The van der Waals surface area contributed by atoms with Crippen LogP contribution in [0.2, 0.25) is 13.1 Å². The van der Waals surface area contributed by atoms with Crippen molar-refractivity contribution >= 4 is 19.3 Å². The number of benzene rings is 1. The van der Waals surface area contributed by atoms with E-state index in [1.54, 1.807) is 0 Å². The molecule has 1 N–H and O–H groups in total. The van der Waals surface area contributed by atoms with Crippen LogP contribution in [0.4, 0.5) is 4.79 Å². The molecule has 1 fully saturated rings. The van der Waals surface area contributed by atoms with Gasteiger partial charge in [0.15, 0.2) is 0 Å². The number of hydrogen-bond acceptors (Lipinski definition) is 4. The standard InChI is InChI=1S/C19H28BNO4/c1-20-12-13-24-18(22)16-10-6-3-7-11-17(16)21-19(23)25-14-15-8-4-2-5-9-15/h2,4-5,8-9,16-17,20H,3,6-7,10-14H2,1H3,(H,21,23)/t16-,17-/m0/s1. The first kappa shape index (κ1) is 19.4. The van der Waals surface area contributed by atoms with E-state index >= 15 is 0 Å². The predicted octanol–water partition coefficient (Wildman–Crippen LogP) is 3.31. The molecule has 0 saturated heterocycles. The van der Waals surface area contributed by atoms with Gasteiger partial charge in [-0.2, -0.15) is 0 Å².